The summed E-state index contributed by atoms with van der Waals surface area (Å²) in [5, 5.41) is 14.9. The Balaban J connectivity index is 1.43. The monoisotopic (exact) mass is 529 g/mol. The Bertz CT molecular complexity index is 1510. The second kappa shape index (κ2) is 11.0. The molecule has 0 radical (unpaired) electrons. The number of nitrogens with one attached hydrogen (secondary N) is 2. The van der Waals surface area contributed by atoms with Gasteiger partial charge in [-0.15, -0.1) is 0 Å². The molecule has 8 heteroatoms. The molecule has 4 aromatic rings. The fourth-order valence-electron chi connectivity index (χ4n) is 5.59. The lowest BCUT2D eigenvalue weighted by molar-refractivity contribution is -0.123. The van der Waals surface area contributed by atoms with E-state index >= 15 is 0 Å². The van der Waals surface area contributed by atoms with Crippen LogP contribution in [0.25, 0.3) is 10.9 Å². The summed E-state index contributed by atoms with van der Waals surface area (Å²) < 4.78 is 11.4. The third-order valence-electron chi connectivity index (χ3n) is 7.79. The highest BCUT2D eigenvalue weighted by atomic mass is 16.5. The van der Waals surface area contributed by atoms with Crippen molar-refractivity contribution in [1.82, 2.24) is 10.3 Å². The minimum Gasteiger partial charge on any atom is -0.502 e. The number of carbonyl (C=O) groups is 1. The molecule has 8 nitrogen and oxygen atoms in total. The average molecular weight is 530 g/mol. The van der Waals surface area contributed by atoms with Crippen LogP contribution in [-0.2, 0) is 14.9 Å². The fraction of sp³-hybridized carbons (Fsp3) is 0.355. The summed E-state index contributed by atoms with van der Waals surface area (Å²) in [7, 11) is 4.01. The van der Waals surface area contributed by atoms with E-state index in [0.29, 0.717) is 38.4 Å². The smallest absolute Gasteiger partial charge is 0.227 e. The molecule has 1 saturated heterocycles. The zero-order valence-electron chi connectivity index (χ0n) is 22.6. The molecule has 204 valence electrons. The standard InChI is InChI=1S/C31H35N3O5/c1-20-16-27(35)29(37)30(39-20)31(12-14-38-15-13-31)17-28(36)33-18-24(21-8-10-22(11-9-21)34(2)3)25-19-32-26-7-5-4-6-23(25)26/h4-11,16,19,24,32,37H,12-15,17-18H2,1-3H3,(H,33,36). The van der Waals surface area contributed by atoms with E-state index in [-0.39, 0.29) is 24.0 Å². The van der Waals surface area contributed by atoms with Crippen LogP contribution in [0.2, 0.25) is 0 Å². The summed E-state index contributed by atoms with van der Waals surface area (Å²) in [6.45, 7) is 2.89. The minimum atomic E-state index is -0.818. The molecule has 1 aliphatic rings. The van der Waals surface area contributed by atoms with Gasteiger partial charge in [0.25, 0.3) is 0 Å². The number of fused-ring (bicyclic) bond motifs is 1. The van der Waals surface area contributed by atoms with Crippen LogP contribution in [-0.4, -0.2) is 49.9 Å². The predicted molar refractivity (Wildman–Crippen MR) is 152 cm³/mol. The van der Waals surface area contributed by atoms with Gasteiger partial charge in [0.1, 0.15) is 5.76 Å². The molecule has 1 amide bonds. The van der Waals surface area contributed by atoms with Gasteiger partial charge in [0.05, 0.1) is 0 Å². The number of rotatable bonds is 8. The van der Waals surface area contributed by atoms with E-state index in [1.54, 1.807) is 6.92 Å². The summed E-state index contributed by atoms with van der Waals surface area (Å²) in [5.41, 5.74) is 3.02. The van der Waals surface area contributed by atoms with Crippen molar-refractivity contribution in [1.29, 1.82) is 0 Å². The van der Waals surface area contributed by atoms with Crippen LogP contribution in [0.4, 0.5) is 5.69 Å². The average Bonchev–Trinajstić information content (AvgIpc) is 3.35. The molecule has 1 fully saturated rings. The van der Waals surface area contributed by atoms with Crippen molar-refractivity contribution in [3.63, 3.8) is 0 Å². The lowest BCUT2D eigenvalue weighted by atomic mass is 9.74. The molecule has 0 aliphatic carbocycles. The number of H-pyrrole nitrogens is 1. The van der Waals surface area contributed by atoms with Crippen molar-refractivity contribution in [3.05, 3.63) is 93.7 Å². The van der Waals surface area contributed by atoms with E-state index < -0.39 is 16.6 Å². The Labute approximate surface area is 227 Å². The van der Waals surface area contributed by atoms with Crippen LogP contribution in [0.3, 0.4) is 0 Å². The van der Waals surface area contributed by atoms with Gasteiger partial charge in [-0.25, -0.2) is 0 Å². The quantitative estimate of drug-likeness (QED) is 0.308. The van der Waals surface area contributed by atoms with Crippen LogP contribution in [0, 0.1) is 6.92 Å². The SMILES string of the molecule is Cc1cc(=O)c(O)c(C2(CC(=O)NCC(c3ccc(N(C)C)cc3)c3c[nH]c4ccccc34)CCOCC2)o1. The highest BCUT2D eigenvalue weighted by Gasteiger charge is 2.42. The number of aromatic hydroxyl groups is 1. The van der Waals surface area contributed by atoms with Crippen LogP contribution >= 0.6 is 0 Å². The predicted octanol–water partition coefficient (Wildman–Crippen LogP) is 4.59. The normalized spacial score (nSPS) is 15.7. The topological polar surface area (TPSA) is 108 Å². The van der Waals surface area contributed by atoms with Crippen molar-refractivity contribution in [2.75, 3.05) is 38.8 Å². The maximum atomic E-state index is 13.5. The number of hydrogen-bond donors (Lipinski definition) is 3. The summed E-state index contributed by atoms with van der Waals surface area (Å²) in [5.74, 6) is -0.0986. The van der Waals surface area contributed by atoms with Crippen molar-refractivity contribution < 1.29 is 19.1 Å². The number of ether oxygens (including phenoxy) is 1. The van der Waals surface area contributed by atoms with E-state index in [4.69, 9.17) is 9.15 Å². The van der Waals surface area contributed by atoms with Gasteiger partial charge < -0.3 is 29.5 Å². The van der Waals surface area contributed by atoms with Gasteiger partial charge in [-0.2, -0.15) is 0 Å². The molecule has 0 saturated carbocycles. The lowest BCUT2D eigenvalue weighted by Crippen LogP contribution is -2.41. The van der Waals surface area contributed by atoms with Gasteiger partial charge >= 0.3 is 0 Å². The number of aromatic nitrogens is 1. The third-order valence-corrected chi connectivity index (χ3v) is 7.79. The molecule has 1 atom stereocenters. The minimum absolute atomic E-state index is 0.0798. The molecule has 1 aliphatic heterocycles. The molecule has 0 bridgehead atoms. The molecule has 2 aromatic carbocycles. The van der Waals surface area contributed by atoms with E-state index in [0.717, 1.165) is 27.7 Å². The van der Waals surface area contributed by atoms with Gasteiger partial charge in [-0.05, 0) is 49.1 Å². The number of hydrogen-bond acceptors (Lipinski definition) is 6. The molecule has 0 spiro atoms. The van der Waals surface area contributed by atoms with Gasteiger partial charge in [0.15, 0.2) is 5.76 Å². The van der Waals surface area contributed by atoms with Crippen LogP contribution in [0.1, 0.15) is 47.8 Å². The molecule has 5 rings (SSSR count). The van der Waals surface area contributed by atoms with Crippen molar-refractivity contribution in [2.45, 2.75) is 37.5 Å². The first-order valence-electron chi connectivity index (χ1n) is 13.3. The highest BCUT2D eigenvalue weighted by Crippen LogP contribution is 2.41. The second-order valence-electron chi connectivity index (χ2n) is 10.6. The van der Waals surface area contributed by atoms with Gasteiger partial charge in [0, 0.05) is 80.5 Å². The Morgan fingerprint density at radius 1 is 1.13 bits per heavy atom. The summed E-state index contributed by atoms with van der Waals surface area (Å²) in [6, 6.07) is 17.8. The molecule has 39 heavy (non-hydrogen) atoms. The maximum Gasteiger partial charge on any atom is 0.227 e. The Morgan fingerprint density at radius 2 is 1.85 bits per heavy atom. The summed E-state index contributed by atoms with van der Waals surface area (Å²) in [6.07, 6.45) is 3.04. The molecule has 3 heterocycles. The number of nitrogens with zero attached hydrogens (tertiary/aromatic N) is 1. The van der Waals surface area contributed by atoms with E-state index in [9.17, 15) is 14.7 Å². The number of benzene rings is 2. The zero-order chi connectivity index (χ0) is 27.6. The summed E-state index contributed by atoms with van der Waals surface area (Å²) >= 11 is 0. The van der Waals surface area contributed by atoms with Crippen LogP contribution < -0.4 is 15.6 Å². The van der Waals surface area contributed by atoms with Gasteiger partial charge in [-0.3, -0.25) is 9.59 Å². The number of carbonyl (C=O) groups excluding carboxylic acids is 1. The molecular weight excluding hydrogens is 494 g/mol. The largest absolute Gasteiger partial charge is 0.502 e. The van der Waals surface area contributed by atoms with E-state index in [1.165, 1.54) is 6.07 Å². The Morgan fingerprint density at radius 3 is 2.56 bits per heavy atom. The first-order valence-corrected chi connectivity index (χ1v) is 13.3. The van der Waals surface area contributed by atoms with Crippen molar-refractivity contribution in [2.24, 2.45) is 0 Å². The second-order valence-corrected chi connectivity index (χ2v) is 10.6. The molecule has 2 aromatic heterocycles. The van der Waals surface area contributed by atoms with E-state index in [2.05, 4.69) is 45.5 Å². The van der Waals surface area contributed by atoms with Crippen LogP contribution in [0.15, 0.2) is 70.0 Å². The number of para-hydroxylation sites is 1. The van der Waals surface area contributed by atoms with Gasteiger partial charge in [-0.1, -0.05) is 30.3 Å². The number of aryl methyl sites for hydroxylation is 1. The molecule has 1 unspecified atom stereocenters. The van der Waals surface area contributed by atoms with Crippen molar-refractivity contribution in [3.8, 4) is 5.75 Å². The maximum absolute atomic E-state index is 13.5. The summed E-state index contributed by atoms with van der Waals surface area (Å²) in [4.78, 5) is 31.3. The zero-order valence-corrected chi connectivity index (χ0v) is 22.6. The number of amides is 1. The first kappa shape index (κ1) is 26.6. The number of anilines is 1. The number of aromatic amines is 1. The van der Waals surface area contributed by atoms with Gasteiger partial charge in [0.2, 0.25) is 17.1 Å². The first-order chi connectivity index (χ1) is 18.8. The highest BCUT2D eigenvalue weighted by molar-refractivity contribution is 5.84. The van der Waals surface area contributed by atoms with Crippen molar-refractivity contribution >= 4 is 22.5 Å². The Hall–Kier alpha value is -4.04. The third kappa shape index (κ3) is 5.43. The molecule has 3 N–H and O–H groups in total. The van der Waals surface area contributed by atoms with Crippen LogP contribution in [0.5, 0.6) is 5.75 Å². The fourth-order valence-corrected chi connectivity index (χ4v) is 5.59. The lowest BCUT2D eigenvalue weighted by Gasteiger charge is -2.36. The van der Waals surface area contributed by atoms with E-state index in [1.807, 2.05) is 38.5 Å². The Kier molecular flexibility index (Phi) is 7.48. The molecular formula is C31H35N3O5.